The number of ether oxygens (including phenoxy) is 1. The first-order valence-corrected chi connectivity index (χ1v) is 11.5. The van der Waals surface area contributed by atoms with E-state index in [9.17, 15) is 4.79 Å². The van der Waals surface area contributed by atoms with Crippen LogP contribution in [0.1, 0.15) is 54.4 Å². The van der Waals surface area contributed by atoms with Gasteiger partial charge in [-0.2, -0.15) is 0 Å². The van der Waals surface area contributed by atoms with E-state index in [4.69, 9.17) is 14.7 Å². The number of piperazine rings is 1. The van der Waals surface area contributed by atoms with Crippen molar-refractivity contribution in [3.05, 3.63) is 52.5 Å². The average molecular weight is 440 g/mol. The summed E-state index contributed by atoms with van der Waals surface area (Å²) in [7, 11) is 5.32. The van der Waals surface area contributed by atoms with Crippen LogP contribution >= 0.6 is 0 Å². The minimum Gasteiger partial charge on any atom is -0.378 e. The lowest BCUT2D eigenvalue weighted by atomic mass is 10.0. The second-order valence-electron chi connectivity index (χ2n) is 8.89. The number of benzene rings is 1. The van der Waals surface area contributed by atoms with Gasteiger partial charge in [-0.3, -0.25) is 0 Å². The number of carbonyl (C=O) groups is 1. The number of nitrogens with zero attached hydrogens (tertiary/aromatic N) is 5. The molecule has 3 rings (SSSR count). The summed E-state index contributed by atoms with van der Waals surface area (Å²) in [6.45, 7) is 9.78. The van der Waals surface area contributed by atoms with Gasteiger partial charge >= 0.3 is 6.03 Å². The number of aromatic nitrogens is 2. The molecule has 1 aromatic heterocycles. The van der Waals surface area contributed by atoms with E-state index in [0.717, 1.165) is 48.8 Å². The van der Waals surface area contributed by atoms with Crippen LogP contribution in [-0.2, 0) is 17.8 Å². The summed E-state index contributed by atoms with van der Waals surface area (Å²) < 4.78 is 5.55. The number of amides is 2. The number of urea groups is 1. The maximum atomic E-state index is 12.4. The number of hydrogen-bond donors (Lipinski definition) is 0. The minimum absolute atomic E-state index is 0.0627. The van der Waals surface area contributed by atoms with E-state index in [1.165, 1.54) is 11.1 Å². The Morgan fingerprint density at radius 2 is 1.91 bits per heavy atom. The van der Waals surface area contributed by atoms with Gasteiger partial charge in [-0.1, -0.05) is 43.7 Å². The molecule has 174 valence electrons. The molecule has 2 amide bonds. The zero-order chi connectivity index (χ0) is 23.3. The molecule has 1 aliphatic heterocycles. The summed E-state index contributed by atoms with van der Waals surface area (Å²) in [6.07, 6.45) is 1.74. The Hall–Kier alpha value is -2.67. The fraction of sp³-hybridized carbons (Fsp3) is 0.560. The summed E-state index contributed by atoms with van der Waals surface area (Å²) >= 11 is 0. The molecule has 1 atom stereocenters. The molecule has 2 aromatic rings. The van der Waals surface area contributed by atoms with Crippen molar-refractivity contribution in [3.63, 3.8) is 0 Å². The van der Waals surface area contributed by atoms with E-state index in [1.54, 1.807) is 26.1 Å². The number of aryl methyl sites for hydroxylation is 1. The van der Waals surface area contributed by atoms with E-state index in [0.29, 0.717) is 19.7 Å². The number of rotatable bonds is 7. The van der Waals surface area contributed by atoms with Crippen molar-refractivity contribution in [2.24, 2.45) is 0 Å². The Balaban J connectivity index is 1.99. The zero-order valence-electron chi connectivity index (χ0n) is 20.4. The van der Waals surface area contributed by atoms with E-state index in [2.05, 4.69) is 49.9 Å². The van der Waals surface area contributed by atoms with Gasteiger partial charge in [0.1, 0.15) is 11.6 Å². The summed E-state index contributed by atoms with van der Waals surface area (Å²) in [5.41, 5.74) is 4.56. The molecule has 0 bridgehead atoms. The number of carbonyl (C=O) groups excluding carboxylic acids is 1. The van der Waals surface area contributed by atoms with Crippen molar-refractivity contribution in [1.82, 2.24) is 19.8 Å². The SMILES string of the molecule is CCC(C)c1nc(COC)c(Cc2cccc(C)c2)c(N2CCN(C(=O)N(C)C)CC2)n1. The predicted molar refractivity (Wildman–Crippen MR) is 128 cm³/mol. The van der Waals surface area contributed by atoms with Crippen molar-refractivity contribution in [1.29, 1.82) is 0 Å². The molecule has 0 aliphatic carbocycles. The lowest BCUT2D eigenvalue weighted by Crippen LogP contribution is -2.52. The lowest BCUT2D eigenvalue weighted by molar-refractivity contribution is 0.167. The van der Waals surface area contributed by atoms with Crippen LogP contribution in [0.2, 0.25) is 0 Å². The van der Waals surface area contributed by atoms with Gasteiger partial charge in [-0.05, 0) is 18.9 Å². The third-order valence-electron chi connectivity index (χ3n) is 6.12. The Morgan fingerprint density at radius 1 is 1.19 bits per heavy atom. The summed E-state index contributed by atoms with van der Waals surface area (Å²) in [5.74, 6) is 2.13. The topological polar surface area (TPSA) is 61.8 Å². The Labute approximate surface area is 192 Å². The molecule has 1 unspecified atom stereocenters. The molecule has 32 heavy (non-hydrogen) atoms. The van der Waals surface area contributed by atoms with E-state index in [1.807, 2.05) is 4.90 Å². The van der Waals surface area contributed by atoms with Crippen LogP contribution in [0.4, 0.5) is 10.6 Å². The molecule has 1 aromatic carbocycles. The highest BCUT2D eigenvalue weighted by Gasteiger charge is 2.27. The van der Waals surface area contributed by atoms with Gasteiger partial charge in [0.05, 0.1) is 12.3 Å². The van der Waals surface area contributed by atoms with Crippen LogP contribution in [0.25, 0.3) is 0 Å². The molecule has 0 spiro atoms. The first-order valence-electron chi connectivity index (χ1n) is 11.5. The molecule has 7 nitrogen and oxygen atoms in total. The first kappa shape index (κ1) is 24.0. The van der Waals surface area contributed by atoms with E-state index in [-0.39, 0.29) is 11.9 Å². The van der Waals surface area contributed by atoms with Crippen LogP contribution in [0.3, 0.4) is 0 Å². The van der Waals surface area contributed by atoms with Crippen molar-refractivity contribution in [3.8, 4) is 0 Å². The molecule has 0 radical (unpaired) electrons. The lowest BCUT2D eigenvalue weighted by Gasteiger charge is -2.37. The molecule has 7 heteroatoms. The molecule has 0 saturated carbocycles. The molecular weight excluding hydrogens is 402 g/mol. The largest absolute Gasteiger partial charge is 0.378 e. The minimum atomic E-state index is 0.0627. The van der Waals surface area contributed by atoms with E-state index < -0.39 is 0 Å². The Bertz CT molecular complexity index is 923. The second-order valence-corrected chi connectivity index (χ2v) is 8.89. The molecule has 2 heterocycles. The highest BCUT2D eigenvalue weighted by molar-refractivity contribution is 5.74. The maximum Gasteiger partial charge on any atom is 0.319 e. The molecular formula is C25H37N5O2. The summed E-state index contributed by atoms with van der Waals surface area (Å²) in [6, 6.07) is 8.65. The van der Waals surface area contributed by atoms with Crippen molar-refractivity contribution in [2.45, 2.75) is 46.1 Å². The fourth-order valence-electron chi connectivity index (χ4n) is 4.06. The van der Waals surface area contributed by atoms with E-state index >= 15 is 0 Å². The van der Waals surface area contributed by atoms with Crippen LogP contribution in [-0.4, -0.2) is 73.2 Å². The summed E-state index contributed by atoms with van der Waals surface area (Å²) in [5, 5.41) is 0. The summed E-state index contributed by atoms with van der Waals surface area (Å²) in [4.78, 5) is 28.3. The average Bonchev–Trinajstić information content (AvgIpc) is 2.79. The van der Waals surface area contributed by atoms with Gasteiger partial charge in [0.15, 0.2) is 0 Å². The highest BCUT2D eigenvalue weighted by Crippen LogP contribution is 2.29. The van der Waals surface area contributed by atoms with Crippen molar-refractivity contribution in [2.75, 3.05) is 52.3 Å². The van der Waals surface area contributed by atoms with Gasteiger partial charge in [0.2, 0.25) is 0 Å². The third kappa shape index (κ3) is 5.57. The third-order valence-corrected chi connectivity index (χ3v) is 6.12. The maximum absolute atomic E-state index is 12.4. The normalized spacial score (nSPS) is 15.1. The van der Waals surface area contributed by atoms with Crippen LogP contribution in [0, 0.1) is 6.92 Å². The van der Waals surface area contributed by atoms with Gasteiger partial charge < -0.3 is 19.4 Å². The van der Waals surface area contributed by atoms with Crippen LogP contribution in [0.15, 0.2) is 24.3 Å². The number of hydrogen-bond acceptors (Lipinski definition) is 5. The quantitative estimate of drug-likeness (QED) is 0.656. The zero-order valence-corrected chi connectivity index (χ0v) is 20.4. The van der Waals surface area contributed by atoms with Gasteiger partial charge in [-0.15, -0.1) is 0 Å². The Morgan fingerprint density at radius 3 is 2.50 bits per heavy atom. The van der Waals surface area contributed by atoms with Crippen molar-refractivity contribution < 1.29 is 9.53 Å². The first-order chi connectivity index (χ1) is 15.3. The predicted octanol–water partition coefficient (Wildman–Crippen LogP) is 3.84. The molecule has 1 aliphatic rings. The second kappa shape index (κ2) is 10.8. The van der Waals surface area contributed by atoms with Gasteiger partial charge in [0, 0.05) is 65.3 Å². The fourth-order valence-corrected chi connectivity index (χ4v) is 4.06. The monoisotopic (exact) mass is 439 g/mol. The molecule has 0 N–H and O–H groups in total. The highest BCUT2D eigenvalue weighted by atomic mass is 16.5. The number of methoxy groups -OCH3 is 1. The van der Waals surface area contributed by atoms with Crippen LogP contribution in [0.5, 0.6) is 0 Å². The standard InChI is InChI=1S/C25H37N5O2/c1-7-19(3)23-26-22(17-32-6)21(16-20-10-8-9-18(2)15-20)24(27-23)29-11-13-30(14-12-29)25(31)28(4)5/h8-10,15,19H,7,11-14,16-17H2,1-6H3. The Kier molecular flexibility index (Phi) is 8.07. The van der Waals surface area contributed by atoms with Gasteiger partial charge in [-0.25, -0.2) is 14.8 Å². The smallest absolute Gasteiger partial charge is 0.319 e. The molecule has 1 saturated heterocycles. The van der Waals surface area contributed by atoms with Gasteiger partial charge in [0.25, 0.3) is 0 Å². The van der Waals surface area contributed by atoms with Crippen LogP contribution < -0.4 is 4.90 Å². The van der Waals surface area contributed by atoms with Crippen molar-refractivity contribution >= 4 is 11.8 Å². The number of anilines is 1. The molecule has 1 fully saturated rings.